The van der Waals surface area contributed by atoms with E-state index in [-0.39, 0.29) is 34.8 Å². The molecule has 0 aromatic heterocycles. The predicted molar refractivity (Wildman–Crippen MR) is 113 cm³/mol. The topological polar surface area (TPSA) is 120 Å². The molecule has 2 aliphatic rings. The number of fused-ring (bicyclic) bond motifs is 2. The minimum absolute atomic E-state index is 0.00305. The number of Topliss-reactive ketones (excluding diaryl/α,β-unsaturated/α-hetero) is 2. The summed E-state index contributed by atoms with van der Waals surface area (Å²) in [4.78, 5) is 46.5. The average Bonchev–Trinajstić information content (AvgIpc) is 2.75. The van der Waals surface area contributed by atoms with E-state index in [9.17, 15) is 29.8 Å². The molecule has 0 N–H and O–H groups in total. The fourth-order valence-corrected chi connectivity index (χ4v) is 4.21. The van der Waals surface area contributed by atoms with Gasteiger partial charge < -0.3 is 0 Å². The lowest BCUT2D eigenvalue weighted by Crippen LogP contribution is -2.37. The van der Waals surface area contributed by atoms with Gasteiger partial charge >= 0.3 is 0 Å². The summed E-state index contributed by atoms with van der Waals surface area (Å²) in [5.41, 5.74) is 2.46. The molecule has 0 saturated heterocycles. The molecule has 2 fully saturated rings. The maximum Gasteiger partial charge on any atom is 0.269 e. The summed E-state index contributed by atoms with van der Waals surface area (Å²) in [6.07, 6.45) is 4.62. The number of rotatable bonds is 4. The van der Waals surface area contributed by atoms with Crippen LogP contribution in [0.5, 0.6) is 0 Å². The number of non-ortho nitro benzene ring substituents is 2. The molecule has 4 rings (SSSR count). The average molecular weight is 418 g/mol. The highest BCUT2D eigenvalue weighted by atomic mass is 16.6. The normalized spacial score (nSPS) is 23.2. The first-order valence-corrected chi connectivity index (χ1v) is 9.80. The third kappa shape index (κ3) is 4.18. The molecule has 8 nitrogen and oxygen atoms in total. The van der Waals surface area contributed by atoms with Gasteiger partial charge in [-0.3, -0.25) is 29.8 Å². The molecule has 2 bridgehead atoms. The second kappa shape index (κ2) is 8.06. The molecule has 0 spiro atoms. The molecule has 2 saturated carbocycles. The van der Waals surface area contributed by atoms with Crippen molar-refractivity contribution < 1.29 is 19.4 Å². The lowest BCUT2D eigenvalue weighted by Gasteiger charge is -2.35. The summed E-state index contributed by atoms with van der Waals surface area (Å²) < 4.78 is 0. The number of nitro benzene ring substituents is 2. The van der Waals surface area contributed by atoms with Crippen molar-refractivity contribution in [1.29, 1.82) is 0 Å². The maximum absolute atomic E-state index is 12.9. The third-order valence-corrected chi connectivity index (χ3v) is 5.77. The minimum Gasteiger partial charge on any atom is -0.294 e. The Morgan fingerprint density at radius 2 is 1.03 bits per heavy atom. The van der Waals surface area contributed by atoms with Crippen molar-refractivity contribution >= 4 is 35.1 Å². The summed E-state index contributed by atoms with van der Waals surface area (Å²) in [6, 6.07) is 11.9. The van der Waals surface area contributed by atoms with Gasteiger partial charge in [-0.2, -0.15) is 0 Å². The number of benzene rings is 2. The van der Waals surface area contributed by atoms with E-state index in [4.69, 9.17) is 0 Å². The zero-order chi connectivity index (χ0) is 22.1. The third-order valence-electron chi connectivity index (χ3n) is 5.77. The molecule has 2 atom stereocenters. The Labute approximate surface area is 177 Å². The van der Waals surface area contributed by atoms with Crippen molar-refractivity contribution in [3.63, 3.8) is 0 Å². The largest absolute Gasteiger partial charge is 0.294 e. The van der Waals surface area contributed by atoms with Gasteiger partial charge in [-0.25, -0.2) is 0 Å². The van der Waals surface area contributed by atoms with Gasteiger partial charge in [-0.05, 0) is 78.0 Å². The number of hydrogen-bond donors (Lipinski definition) is 0. The molecule has 31 heavy (non-hydrogen) atoms. The fourth-order valence-electron chi connectivity index (χ4n) is 4.21. The van der Waals surface area contributed by atoms with E-state index >= 15 is 0 Å². The Kier molecular flexibility index (Phi) is 5.29. The molecule has 0 radical (unpaired) electrons. The van der Waals surface area contributed by atoms with Gasteiger partial charge in [0.25, 0.3) is 11.4 Å². The maximum atomic E-state index is 12.9. The molecule has 8 heteroatoms. The number of nitro groups is 2. The number of nitrogens with zero attached hydrogens (tertiary/aromatic N) is 2. The van der Waals surface area contributed by atoms with Crippen LogP contribution in [0.2, 0.25) is 0 Å². The van der Waals surface area contributed by atoms with Gasteiger partial charge in [0.15, 0.2) is 11.6 Å². The Bertz CT molecular complexity index is 1050. The van der Waals surface area contributed by atoms with Crippen LogP contribution in [0.1, 0.15) is 30.4 Å². The summed E-state index contributed by atoms with van der Waals surface area (Å²) in [6.45, 7) is 0. The summed E-state index contributed by atoms with van der Waals surface area (Å²) >= 11 is 0. The highest BCUT2D eigenvalue weighted by molar-refractivity contribution is 6.10. The minimum atomic E-state index is -0.482. The van der Waals surface area contributed by atoms with E-state index < -0.39 is 9.85 Å². The zero-order valence-corrected chi connectivity index (χ0v) is 16.4. The Hall–Kier alpha value is -3.94. The van der Waals surface area contributed by atoms with Gasteiger partial charge in [0.2, 0.25) is 0 Å². The fraction of sp³-hybridized carbons (Fsp3) is 0.217. The van der Waals surface area contributed by atoms with Crippen LogP contribution in [-0.4, -0.2) is 21.4 Å². The second-order valence-corrected chi connectivity index (χ2v) is 7.80. The van der Waals surface area contributed by atoms with Gasteiger partial charge in [0, 0.05) is 36.1 Å². The van der Waals surface area contributed by atoms with Crippen LogP contribution < -0.4 is 0 Å². The summed E-state index contributed by atoms with van der Waals surface area (Å²) in [5.74, 6) is -0.580. The Balaban J connectivity index is 1.55. The lowest BCUT2D eigenvalue weighted by atomic mass is 9.66. The van der Waals surface area contributed by atoms with Crippen LogP contribution in [0, 0.1) is 32.1 Å². The lowest BCUT2D eigenvalue weighted by molar-refractivity contribution is -0.385. The molecular formula is C23H18N2O6. The molecule has 2 aromatic rings. The molecule has 0 aliphatic heterocycles. The highest BCUT2D eigenvalue weighted by Gasteiger charge is 2.41. The standard InChI is InChI=1S/C23H18N2O6/c26-22-16(9-14-1-5-20(6-2-14)24(28)29)11-18-13-19(22)12-17(23(18)27)10-15-3-7-21(8-4-15)25(30)31/h1-10,18-19H,11-13H2/b16-9-,17-10+/t18-,19-/m1/s1. The first-order chi connectivity index (χ1) is 14.8. The van der Waals surface area contributed by atoms with Crippen molar-refractivity contribution in [3.8, 4) is 0 Å². The molecule has 0 amide bonds. The van der Waals surface area contributed by atoms with Crippen LogP contribution >= 0.6 is 0 Å². The van der Waals surface area contributed by atoms with Gasteiger partial charge in [0.1, 0.15) is 0 Å². The van der Waals surface area contributed by atoms with E-state index in [1.165, 1.54) is 24.3 Å². The summed E-state index contributed by atoms with van der Waals surface area (Å²) in [7, 11) is 0. The van der Waals surface area contributed by atoms with E-state index in [1.807, 2.05) is 0 Å². The molecule has 156 valence electrons. The van der Waals surface area contributed by atoms with E-state index in [1.54, 1.807) is 36.4 Å². The molecule has 2 aromatic carbocycles. The van der Waals surface area contributed by atoms with E-state index in [2.05, 4.69) is 0 Å². The second-order valence-electron chi connectivity index (χ2n) is 7.80. The number of ketones is 2. The van der Waals surface area contributed by atoms with Crippen molar-refractivity contribution in [1.82, 2.24) is 0 Å². The molecular weight excluding hydrogens is 400 g/mol. The monoisotopic (exact) mass is 418 g/mol. The summed E-state index contributed by atoms with van der Waals surface area (Å²) in [5, 5.41) is 21.6. The van der Waals surface area contributed by atoms with E-state index in [0.717, 1.165) is 0 Å². The smallest absolute Gasteiger partial charge is 0.269 e. The van der Waals surface area contributed by atoms with Crippen LogP contribution in [0.3, 0.4) is 0 Å². The van der Waals surface area contributed by atoms with Crippen LogP contribution in [-0.2, 0) is 9.59 Å². The Morgan fingerprint density at radius 3 is 1.35 bits per heavy atom. The number of allylic oxidation sites excluding steroid dienone is 2. The van der Waals surface area contributed by atoms with Crippen molar-refractivity contribution in [2.45, 2.75) is 19.3 Å². The first kappa shape index (κ1) is 20.3. The molecule has 0 heterocycles. The first-order valence-electron chi connectivity index (χ1n) is 9.80. The number of carbonyl (C=O) groups excluding carboxylic acids is 2. The van der Waals surface area contributed by atoms with Gasteiger partial charge in [-0.1, -0.05) is 0 Å². The van der Waals surface area contributed by atoms with Crippen LogP contribution in [0.4, 0.5) is 11.4 Å². The number of hydrogen-bond acceptors (Lipinski definition) is 6. The zero-order valence-electron chi connectivity index (χ0n) is 16.4. The van der Waals surface area contributed by atoms with Gasteiger partial charge in [0.05, 0.1) is 9.85 Å². The van der Waals surface area contributed by atoms with E-state index in [0.29, 0.717) is 41.5 Å². The molecule has 0 unspecified atom stereocenters. The molecule has 2 aliphatic carbocycles. The van der Waals surface area contributed by atoms with Crippen molar-refractivity contribution in [2.75, 3.05) is 0 Å². The van der Waals surface area contributed by atoms with Crippen LogP contribution in [0.25, 0.3) is 12.2 Å². The predicted octanol–water partition coefficient (Wildman–Crippen LogP) is 4.54. The van der Waals surface area contributed by atoms with Crippen LogP contribution in [0.15, 0.2) is 59.7 Å². The van der Waals surface area contributed by atoms with Gasteiger partial charge in [-0.15, -0.1) is 0 Å². The van der Waals surface area contributed by atoms with Crippen molar-refractivity contribution in [3.05, 3.63) is 91.0 Å². The number of carbonyl (C=O) groups is 2. The van der Waals surface area contributed by atoms with Crippen molar-refractivity contribution in [2.24, 2.45) is 11.8 Å². The SMILES string of the molecule is O=C1/C(=C\c2ccc([N+](=O)[O-])cc2)C[C@@H]2C[C@H]1C/C(=C\c1ccc([N+](=O)[O-])cc1)C2=O. The quantitative estimate of drug-likeness (QED) is 0.408. The Morgan fingerprint density at radius 1 is 0.677 bits per heavy atom. The highest BCUT2D eigenvalue weighted by Crippen LogP contribution is 2.41.